The monoisotopic (exact) mass is 274 g/mol. The zero-order valence-corrected chi connectivity index (χ0v) is 11.2. The van der Waals surface area contributed by atoms with Gasteiger partial charge in [-0.3, -0.25) is 4.79 Å². The van der Waals surface area contributed by atoms with Gasteiger partial charge < -0.3 is 9.72 Å². The molecule has 3 rings (SSSR count). The van der Waals surface area contributed by atoms with Gasteiger partial charge in [0, 0.05) is 30.1 Å². The fourth-order valence-electron chi connectivity index (χ4n) is 2.42. The number of hydrogen-bond donors (Lipinski definition) is 2. The van der Waals surface area contributed by atoms with Gasteiger partial charge in [0.15, 0.2) is 6.29 Å². The van der Waals surface area contributed by atoms with Gasteiger partial charge in [-0.25, -0.2) is 10.3 Å². The highest BCUT2D eigenvalue weighted by atomic mass is 16.8. The molecule has 0 unspecified atom stereocenters. The number of fused-ring (bicyclic) bond motifs is 1. The third-order valence-corrected chi connectivity index (χ3v) is 3.47. The minimum atomic E-state index is -0.310. The maximum absolute atomic E-state index is 11.9. The second-order valence-electron chi connectivity index (χ2n) is 4.98. The maximum Gasteiger partial charge on any atom is 0.248 e. The lowest BCUT2D eigenvalue weighted by Crippen LogP contribution is -2.33. The number of carbonyl (C=O) groups is 1. The number of aromatic amines is 1. The Morgan fingerprint density at radius 2 is 2.30 bits per heavy atom. The van der Waals surface area contributed by atoms with Crippen molar-refractivity contribution in [2.75, 3.05) is 6.61 Å². The quantitative estimate of drug-likeness (QED) is 0.841. The smallest absolute Gasteiger partial charge is 0.248 e. The van der Waals surface area contributed by atoms with Gasteiger partial charge in [-0.1, -0.05) is 18.2 Å². The number of carbonyl (C=O) groups excluding carboxylic acids is 1. The molecule has 5 heteroatoms. The molecule has 1 aromatic heterocycles. The van der Waals surface area contributed by atoms with E-state index in [9.17, 15) is 4.79 Å². The molecular formula is C15H18N2O3. The van der Waals surface area contributed by atoms with Crippen molar-refractivity contribution in [2.45, 2.75) is 32.0 Å². The molecule has 0 radical (unpaired) electrons. The first-order valence-electron chi connectivity index (χ1n) is 6.94. The summed E-state index contributed by atoms with van der Waals surface area (Å²) in [6.45, 7) is 0.697. The molecule has 1 amide bonds. The molecule has 0 bridgehead atoms. The molecule has 1 aliphatic heterocycles. The summed E-state index contributed by atoms with van der Waals surface area (Å²) < 4.78 is 5.39. The molecule has 1 atom stereocenters. The van der Waals surface area contributed by atoms with Crippen molar-refractivity contribution in [3.05, 3.63) is 36.0 Å². The second-order valence-corrected chi connectivity index (χ2v) is 4.98. The van der Waals surface area contributed by atoms with Crippen molar-refractivity contribution in [2.24, 2.45) is 0 Å². The molecule has 1 saturated heterocycles. The number of H-pyrrole nitrogens is 1. The van der Waals surface area contributed by atoms with Gasteiger partial charge in [0.05, 0.1) is 6.42 Å². The molecule has 2 heterocycles. The van der Waals surface area contributed by atoms with Gasteiger partial charge in [-0.15, -0.1) is 0 Å². The fourth-order valence-corrected chi connectivity index (χ4v) is 2.42. The highest BCUT2D eigenvalue weighted by Crippen LogP contribution is 2.18. The highest BCUT2D eigenvalue weighted by molar-refractivity contribution is 5.88. The summed E-state index contributed by atoms with van der Waals surface area (Å²) in [5.74, 6) is -0.163. The standard InChI is InChI=1S/C15H18N2O3/c18-14(17-20-15-7-3-4-8-19-15)9-11-10-16-13-6-2-1-5-12(11)13/h1-2,5-6,10,15-16H,3-4,7-9H2,(H,17,18)/t15-/m0/s1. The van der Waals surface area contributed by atoms with Crippen molar-refractivity contribution in [3.8, 4) is 0 Å². The van der Waals surface area contributed by atoms with E-state index in [-0.39, 0.29) is 18.6 Å². The Labute approximate surface area is 117 Å². The van der Waals surface area contributed by atoms with Gasteiger partial charge in [0.1, 0.15) is 0 Å². The predicted octanol–water partition coefficient (Wildman–Crippen LogP) is 2.28. The van der Waals surface area contributed by atoms with E-state index in [1.807, 2.05) is 30.5 Å². The minimum absolute atomic E-state index is 0.163. The molecule has 2 aromatic rings. The van der Waals surface area contributed by atoms with E-state index in [1.54, 1.807) is 0 Å². The lowest BCUT2D eigenvalue weighted by molar-refractivity contribution is -0.200. The van der Waals surface area contributed by atoms with Gasteiger partial charge in [0.25, 0.3) is 0 Å². The van der Waals surface area contributed by atoms with Crippen LogP contribution in [0.3, 0.4) is 0 Å². The van der Waals surface area contributed by atoms with E-state index in [1.165, 1.54) is 0 Å². The van der Waals surface area contributed by atoms with Gasteiger partial charge in [0.2, 0.25) is 5.91 Å². The second kappa shape index (κ2) is 6.07. The molecule has 5 nitrogen and oxygen atoms in total. The van der Waals surface area contributed by atoms with E-state index < -0.39 is 0 Å². The van der Waals surface area contributed by atoms with Crippen molar-refractivity contribution in [1.82, 2.24) is 10.5 Å². The molecule has 0 aliphatic carbocycles. The van der Waals surface area contributed by atoms with E-state index in [0.29, 0.717) is 6.61 Å². The van der Waals surface area contributed by atoms with Crippen molar-refractivity contribution < 1.29 is 14.4 Å². The predicted molar refractivity (Wildman–Crippen MR) is 74.8 cm³/mol. The van der Waals surface area contributed by atoms with Crippen LogP contribution in [0.1, 0.15) is 24.8 Å². The first kappa shape index (κ1) is 13.1. The average Bonchev–Trinajstić information content (AvgIpc) is 2.90. The number of ether oxygens (including phenoxy) is 1. The van der Waals surface area contributed by atoms with Crippen LogP contribution in [0.2, 0.25) is 0 Å². The summed E-state index contributed by atoms with van der Waals surface area (Å²) in [5.41, 5.74) is 4.48. The summed E-state index contributed by atoms with van der Waals surface area (Å²) in [5, 5.41) is 1.07. The molecule has 0 spiro atoms. The zero-order chi connectivity index (χ0) is 13.8. The third-order valence-electron chi connectivity index (χ3n) is 3.47. The first-order chi connectivity index (χ1) is 9.83. The van der Waals surface area contributed by atoms with Crippen LogP contribution < -0.4 is 5.48 Å². The summed E-state index contributed by atoms with van der Waals surface area (Å²) in [6, 6.07) is 7.92. The summed E-state index contributed by atoms with van der Waals surface area (Å²) in [7, 11) is 0. The van der Waals surface area contributed by atoms with E-state index in [0.717, 1.165) is 35.7 Å². The normalized spacial score (nSPS) is 19.1. The van der Waals surface area contributed by atoms with Crippen LogP contribution in [0.4, 0.5) is 0 Å². The van der Waals surface area contributed by atoms with Crippen LogP contribution in [-0.2, 0) is 20.8 Å². The number of para-hydroxylation sites is 1. The maximum atomic E-state index is 11.9. The Morgan fingerprint density at radius 1 is 1.40 bits per heavy atom. The Hall–Kier alpha value is -1.85. The number of benzene rings is 1. The Morgan fingerprint density at radius 3 is 3.15 bits per heavy atom. The number of hydroxylamine groups is 1. The molecular weight excluding hydrogens is 256 g/mol. The molecule has 1 aromatic carbocycles. The Bertz CT molecular complexity index is 588. The SMILES string of the molecule is O=C(Cc1c[nH]c2ccccc12)NO[C@H]1CCCCO1. The Kier molecular flexibility index (Phi) is 3.99. The number of amides is 1. The molecule has 1 fully saturated rings. The van der Waals surface area contributed by atoms with Gasteiger partial charge >= 0.3 is 0 Å². The third kappa shape index (κ3) is 3.00. The van der Waals surface area contributed by atoms with Crippen LogP contribution in [0.5, 0.6) is 0 Å². The molecule has 106 valence electrons. The number of hydrogen-bond acceptors (Lipinski definition) is 3. The van der Waals surface area contributed by atoms with Crippen molar-refractivity contribution >= 4 is 16.8 Å². The lowest BCUT2D eigenvalue weighted by Gasteiger charge is -2.22. The zero-order valence-electron chi connectivity index (χ0n) is 11.2. The van der Waals surface area contributed by atoms with Crippen LogP contribution in [-0.4, -0.2) is 23.8 Å². The topological polar surface area (TPSA) is 63.4 Å². The van der Waals surface area contributed by atoms with Gasteiger partial charge in [-0.05, 0) is 24.5 Å². The van der Waals surface area contributed by atoms with Crippen LogP contribution >= 0.6 is 0 Å². The largest absolute Gasteiger partial charge is 0.361 e. The average molecular weight is 274 g/mol. The van der Waals surface area contributed by atoms with Crippen molar-refractivity contribution in [1.29, 1.82) is 0 Å². The number of aromatic nitrogens is 1. The fraction of sp³-hybridized carbons (Fsp3) is 0.400. The number of rotatable bonds is 4. The van der Waals surface area contributed by atoms with E-state index in [4.69, 9.17) is 9.57 Å². The first-order valence-corrected chi connectivity index (χ1v) is 6.94. The highest BCUT2D eigenvalue weighted by Gasteiger charge is 2.16. The molecule has 2 N–H and O–H groups in total. The number of nitrogens with one attached hydrogen (secondary N) is 2. The van der Waals surface area contributed by atoms with Crippen LogP contribution in [0, 0.1) is 0 Å². The summed E-state index contributed by atoms with van der Waals surface area (Å²) in [4.78, 5) is 20.3. The summed E-state index contributed by atoms with van der Waals surface area (Å²) in [6.07, 6.45) is 4.80. The summed E-state index contributed by atoms with van der Waals surface area (Å²) >= 11 is 0. The van der Waals surface area contributed by atoms with Crippen LogP contribution in [0.25, 0.3) is 10.9 Å². The van der Waals surface area contributed by atoms with E-state index >= 15 is 0 Å². The molecule has 1 aliphatic rings. The van der Waals surface area contributed by atoms with Gasteiger partial charge in [-0.2, -0.15) is 0 Å². The molecule has 20 heavy (non-hydrogen) atoms. The molecule has 0 saturated carbocycles. The Balaban J connectivity index is 1.55. The lowest BCUT2D eigenvalue weighted by atomic mass is 10.1. The van der Waals surface area contributed by atoms with Crippen LogP contribution in [0.15, 0.2) is 30.5 Å². The van der Waals surface area contributed by atoms with Crippen molar-refractivity contribution in [3.63, 3.8) is 0 Å². The van der Waals surface area contributed by atoms with E-state index in [2.05, 4.69) is 10.5 Å². The minimum Gasteiger partial charge on any atom is -0.361 e.